The summed E-state index contributed by atoms with van der Waals surface area (Å²) in [5.74, 6) is 1.80. The van der Waals surface area contributed by atoms with Gasteiger partial charge in [0.05, 0.1) is 12.4 Å². The first-order chi connectivity index (χ1) is 9.10. The molecule has 1 aromatic heterocycles. The average Bonchev–Trinajstić information content (AvgIpc) is 2.83. The van der Waals surface area contributed by atoms with Crippen LogP contribution in [-0.2, 0) is 5.75 Å². The van der Waals surface area contributed by atoms with E-state index >= 15 is 0 Å². The molecular formula is C13H15FN2O2S. The summed E-state index contributed by atoms with van der Waals surface area (Å²) in [6, 6.07) is 4.96. The second kappa shape index (κ2) is 6.06. The molecule has 0 N–H and O–H groups in total. The molecule has 2 aromatic rings. The Kier molecular flexibility index (Phi) is 4.42. The van der Waals surface area contributed by atoms with Gasteiger partial charge in [-0.3, -0.25) is 0 Å². The number of aromatic nitrogens is 2. The molecule has 0 aliphatic heterocycles. The molecular weight excluding hydrogens is 267 g/mol. The maximum Gasteiger partial charge on any atom is 0.239 e. The van der Waals surface area contributed by atoms with Crippen LogP contribution in [0.1, 0.15) is 29.5 Å². The molecule has 0 aliphatic rings. The molecule has 0 unspecified atom stereocenters. The Morgan fingerprint density at radius 3 is 2.84 bits per heavy atom. The molecule has 1 heterocycles. The Balaban J connectivity index is 1.97. The standard InChI is InChI=1S/C13H15FN2O2S/c1-8(13-15-9(2)16-18-13)19-7-10-4-5-12(17-3)11(14)6-10/h4-6,8H,7H2,1-3H3/t8-/m1/s1. The first-order valence-corrected chi connectivity index (χ1v) is 6.89. The zero-order chi connectivity index (χ0) is 13.8. The third-order valence-electron chi connectivity index (χ3n) is 2.61. The number of methoxy groups -OCH3 is 1. The molecule has 102 valence electrons. The van der Waals surface area contributed by atoms with E-state index in [1.54, 1.807) is 24.8 Å². The molecule has 19 heavy (non-hydrogen) atoms. The second-order valence-corrected chi connectivity index (χ2v) is 5.43. The first-order valence-electron chi connectivity index (χ1n) is 5.84. The van der Waals surface area contributed by atoms with Crippen molar-refractivity contribution in [1.29, 1.82) is 0 Å². The Hall–Kier alpha value is -1.56. The predicted octanol–water partition coefficient (Wildman–Crippen LogP) is 3.52. The average molecular weight is 282 g/mol. The van der Waals surface area contributed by atoms with Gasteiger partial charge in [-0.1, -0.05) is 11.2 Å². The Morgan fingerprint density at radius 1 is 1.47 bits per heavy atom. The van der Waals surface area contributed by atoms with Crippen LogP contribution in [0, 0.1) is 12.7 Å². The van der Waals surface area contributed by atoms with Crippen molar-refractivity contribution in [2.45, 2.75) is 24.9 Å². The third-order valence-corrected chi connectivity index (χ3v) is 3.81. The molecule has 2 rings (SSSR count). The van der Waals surface area contributed by atoms with E-state index in [2.05, 4.69) is 10.1 Å². The van der Waals surface area contributed by atoms with E-state index in [0.717, 1.165) is 5.56 Å². The maximum absolute atomic E-state index is 13.5. The van der Waals surface area contributed by atoms with Gasteiger partial charge in [0, 0.05) is 5.75 Å². The van der Waals surface area contributed by atoms with Gasteiger partial charge in [0.15, 0.2) is 17.4 Å². The summed E-state index contributed by atoms with van der Waals surface area (Å²) in [4.78, 5) is 4.18. The van der Waals surface area contributed by atoms with Crippen LogP contribution in [-0.4, -0.2) is 17.3 Å². The van der Waals surface area contributed by atoms with Crippen LogP contribution in [0.3, 0.4) is 0 Å². The maximum atomic E-state index is 13.5. The highest BCUT2D eigenvalue weighted by molar-refractivity contribution is 7.98. The number of benzene rings is 1. The smallest absolute Gasteiger partial charge is 0.239 e. The lowest BCUT2D eigenvalue weighted by atomic mass is 10.2. The van der Waals surface area contributed by atoms with Crippen LogP contribution in [0.5, 0.6) is 5.75 Å². The van der Waals surface area contributed by atoms with Crippen LogP contribution in [0.25, 0.3) is 0 Å². The number of halogens is 1. The van der Waals surface area contributed by atoms with Crippen LogP contribution in [0.4, 0.5) is 4.39 Å². The molecule has 0 aliphatic carbocycles. The van der Waals surface area contributed by atoms with Crippen molar-refractivity contribution < 1.29 is 13.7 Å². The molecule has 1 atom stereocenters. The Labute approximate surface area is 115 Å². The van der Waals surface area contributed by atoms with Gasteiger partial charge in [0.25, 0.3) is 0 Å². The van der Waals surface area contributed by atoms with Crippen molar-refractivity contribution in [2.75, 3.05) is 7.11 Å². The number of hydrogen-bond donors (Lipinski definition) is 0. The van der Waals surface area contributed by atoms with Crippen molar-refractivity contribution in [3.8, 4) is 5.75 Å². The summed E-state index contributed by atoms with van der Waals surface area (Å²) in [5, 5.41) is 3.83. The molecule has 0 amide bonds. The van der Waals surface area contributed by atoms with E-state index in [1.807, 2.05) is 13.0 Å². The zero-order valence-electron chi connectivity index (χ0n) is 11.0. The van der Waals surface area contributed by atoms with Gasteiger partial charge in [-0.05, 0) is 31.5 Å². The lowest BCUT2D eigenvalue weighted by Crippen LogP contribution is -1.93. The number of hydrogen-bond acceptors (Lipinski definition) is 5. The van der Waals surface area contributed by atoms with Crippen molar-refractivity contribution in [3.63, 3.8) is 0 Å². The normalized spacial score (nSPS) is 12.4. The number of ether oxygens (including phenoxy) is 1. The summed E-state index contributed by atoms with van der Waals surface area (Å²) in [7, 11) is 1.45. The highest BCUT2D eigenvalue weighted by Gasteiger charge is 2.14. The third kappa shape index (κ3) is 3.47. The van der Waals surface area contributed by atoms with Gasteiger partial charge in [0.2, 0.25) is 5.89 Å². The van der Waals surface area contributed by atoms with E-state index in [4.69, 9.17) is 9.26 Å². The fraction of sp³-hybridized carbons (Fsp3) is 0.385. The molecule has 0 spiro atoms. The largest absolute Gasteiger partial charge is 0.494 e. The fourth-order valence-electron chi connectivity index (χ4n) is 1.57. The summed E-state index contributed by atoms with van der Waals surface area (Å²) < 4.78 is 23.5. The molecule has 0 bridgehead atoms. The van der Waals surface area contributed by atoms with Crippen LogP contribution >= 0.6 is 11.8 Å². The van der Waals surface area contributed by atoms with Crippen molar-refractivity contribution in [3.05, 3.63) is 41.3 Å². The minimum Gasteiger partial charge on any atom is -0.494 e. The van der Waals surface area contributed by atoms with Crippen LogP contribution < -0.4 is 4.74 Å². The minimum atomic E-state index is -0.345. The highest BCUT2D eigenvalue weighted by atomic mass is 32.2. The van der Waals surface area contributed by atoms with Crippen molar-refractivity contribution in [1.82, 2.24) is 10.1 Å². The lowest BCUT2D eigenvalue weighted by molar-refractivity contribution is 0.376. The summed E-state index contributed by atoms with van der Waals surface area (Å²) >= 11 is 1.61. The SMILES string of the molecule is COc1ccc(CS[C@H](C)c2nc(C)no2)cc1F. The van der Waals surface area contributed by atoms with Crippen molar-refractivity contribution >= 4 is 11.8 Å². The zero-order valence-corrected chi connectivity index (χ0v) is 11.8. The minimum absolute atomic E-state index is 0.0753. The number of rotatable bonds is 5. The second-order valence-electron chi connectivity index (χ2n) is 4.10. The van der Waals surface area contributed by atoms with E-state index in [9.17, 15) is 4.39 Å². The Morgan fingerprint density at radius 2 is 2.26 bits per heavy atom. The van der Waals surface area contributed by atoms with Crippen LogP contribution in [0.2, 0.25) is 0 Å². The molecule has 4 nitrogen and oxygen atoms in total. The van der Waals surface area contributed by atoms with E-state index in [0.29, 0.717) is 17.5 Å². The van der Waals surface area contributed by atoms with Gasteiger partial charge >= 0.3 is 0 Å². The number of nitrogens with zero attached hydrogens (tertiary/aromatic N) is 2. The molecule has 0 saturated heterocycles. The number of thioether (sulfide) groups is 1. The monoisotopic (exact) mass is 282 g/mol. The van der Waals surface area contributed by atoms with E-state index in [-0.39, 0.29) is 16.8 Å². The van der Waals surface area contributed by atoms with Crippen LogP contribution in [0.15, 0.2) is 22.7 Å². The first kappa shape index (κ1) is 13.9. The molecule has 0 saturated carbocycles. The predicted molar refractivity (Wildman–Crippen MR) is 71.7 cm³/mol. The fourth-order valence-corrected chi connectivity index (χ4v) is 2.43. The highest BCUT2D eigenvalue weighted by Crippen LogP contribution is 2.30. The Bertz CT molecular complexity index is 559. The topological polar surface area (TPSA) is 48.2 Å². The summed E-state index contributed by atoms with van der Waals surface area (Å²) in [6.07, 6.45) is 0. The lowest BCUT2D eigenvalue weighted by Gasteiger charge is -2.08. The van der Waals surface area contributed by atoms with Gasteiger partial charge in [-0.25, -0.2) is 4.39 Å². The summed E-state index contributed by atoms with van der Waals surface area (Å²) in [5.41, 5.74) is 0.895. The van der Waals surface area contributed by atoms with Crippen molar-refractivity contribution in [2.24, 2.45) is 0 Å². The van der Waals surface area contributed by atoms with Gasteiger partial charge in [0.1, 0.15) is 0 Å². The van der Waals surface area contributed by atoms with E-state index in [1.165, 1.54) is 13.2 Å². The summed E-state index contributed by atoms with van der Waals surface area (Å²) in [6.45, 7) is 3.76. The van der Waals surface area contributed by atoms with Gasteiger partial charge in [-0.2, -0.15) is 4.98 Å². The molecule has 0 radical (unpaired) electrons. The molecule has 1 aromatic carbocycles. The molecule has 0 fully saturated rings. The van der Waals surface area contributed by atoms with E-state index < -0.39 is 0 Å². The number of aryl methyl sites for hydroxylation is 1. The quantitative estimate of drug-likeness (QED) is 0.839. The van der Waals surface area contributed by atoms with Gasteiger partial charge < -0.3 is 9.26 Å². The molecule has 6 heteroatoms. The van der Waals surface area contributed by atoms with Gasteiger partial charge in [-0.15, -0.1) is 11.8 Å².